The molecule has 3 heteroatoms. The predicted octanol–water partition coefficient (Wildman–Crippen LogP) is 3.53. The van der Waals surface area contributed by atoms with Crippen molar-refractivity contribution in [3.05, 3.63) is 0 Å². The highest BCUT2D eigenvalue weighted by atomic mass is 32.2. The summed E-state index contributed by atoms with van der Waals surface area (Å²) in [5.41, 5.74) is 0. The van der Waals surface area contributed by atoms with Crippen LogP contribution in [0, 0.1) is 17.8 Å². The lowest BCUT2D eigenvalue weighted by atomic mass is 9.79. The molecule has 1 saturated carbocycles. The van der Waals surface area contributed by atoms with Gasteiger partial charge in [0, 0.05) is 11.8 Å². The molecule has 0 amide bonds. The summed E-state index contributed by atoms with van der Waals surface area (Å²) < 4.78 is 0. The topological polar surface area (TPSA) is 24.4 Å². The third-order valence-electron chi connectivity index (χ3n) is 4.37. The van der Waals surface area contributed by atoms with E-state index in [-0.39, 0.29) is 0 Å². The maximum atomic E-state index is 4.79. The van der Waals surface area contributed by atoms with Gasteiger partial charge < -0.3 is 5.32 Å². The molecule has 1 heterocycles. The van der Waals surface area contributed by atoms with Crippen molar-refractivity contribution in [2.75, 3.05) is 5.75 Å². The van der Waals surface area contributed by atoms with Crippen molar-refractivity contribution >= 4 is 16.9 Å². The van der Waals surface area contributed by atoms with E-state index in [9.17, 15) is 0 Å². The standard InChI is InChI=1S/C14H26N2S/c1-9(2)13-8-17-14(16-13)15-12-6-5-10(3)11(4)7-12/h9-13H,5-8H2,1-4H3,(H,15,16)/t10?,11?,12?,13-/m1/s1. The van der Waals surface area contributed by atoms with Gasteiger partial charge in [-0.05, 0) is 37.0 Å². The number of hydrogen-bond acceptors (Lipinski definition) is 3. The molecular formula is C14H26N2S. The van der Waals surface area contributed by atoms with E-state index in [1.54, 1.807) is 0 Å². The van der Waals surface area contributed by atoms with E-state index in [1.807, 2.05) is 11.8 Å². The summed E-state index contributed by atoms with van der Waals surface area (Å²) in [6, 6.07) is 1.20. The van der Waals surface area contributed by atoms with Gasteiger partial charge >= 0.3 is 0 Å². The van der Waals surface area contributed by atoms with Crippen molar-refractivity contribution in [2.45, 2.75) is 59.0 Å². The maximum Gasteiger partial charge on any atom is 0.157 e. The third kappa shape index (κ3) is 3.40. The molecule has 17 heavy (non-hydrogen) atoms. The first-order valence-corrected chi connectivity index (χ1v) is 8.02. The first-order chi connectivity index (χ1) is 8.06. The van der Waals surface area contributed by atoms with E-state index in [2.05, 4.69) is 33.0 Å². The molecule has 1 fully saturated rings. The van der Waals surface area contributed by atoms with Crippen LogP contribution in [0.4, 0.5) is 0 Å². The average Bonchev–Trinajstić information content (AvgIpc) is 2.72. The fraction of sp³-hybridized carbons (Fsp3) is 0.929. The molecule has 2 aliphatic rings. The van der Waals surface area contributed by atoms with Gasteiger partial charge in [-0.2, -0.15) is 0 Å². The quantitative estimate of drug-likeness (QED) is 0.815. The van der Waals surface area contributed by atoms with Crippen LogP contribution >= 0.6 is 11.8 Å². The molecule has 0 bridgehead atoms. The normalized spacial score (nSPS) is 38.3. The minimum atomic E-state index is 0.530. The van der Waals surface area contributed by atoms with E-state index in [0.29, 0.717) is 18.0 Å². The second kappa shape index (κ2) is 5.64. The summed E-state index contributed by atoms with van der Waals surface area (Å²) in [7, 11) is 0. The highest BCUT2D eigenvalue weighted by Gasteiger charge is 2.27. The molecule has 0 aromatic carbocycles. The van der Waals surface area contributed by atoms with E-state index in [0.717, 1.165) is 11.8 Å². The predicted molar refractivity (Wildman–Crippen MR) is 77.6 cm³/mol. The number of aliphatic imine (C=N–C) groups is 1. The van der Waals surface area contributed by atoms with Crippen LogP contribution in [0.1, 0.15) is 47.0 Å². The van der Waals surface area contributed by atoms with Gasteiger partial charge in [0.25, 0.3) is 0 Å². The lowest BCUT2D eigenvalue weighted by Crippen LogP contribution is -2.38. The molecule has 0 radical (unpaired) electrons. The van der Waals surface area contributed by atoms with Gasteiger partial charge in [-0.3, -0.25) is 4.99 Å². The average molecular weight is 254 g/mol. The van der Waals surface area contributed by atoms with Crippen LogP contribution < -0.4 is 5.32 Å². The third-order valence-corrected chi connectivity index (χ3v) is 5.37. The Morgan fingerprint density at radius 1 is 1.24 bits per heavy atom. The van der Waals surface area contributed by atoms with Crippen LogP contribution in [-0.2, 0) is 0 Å². The number of thioether (sulfide) groups is 1. The van der Waals surface area contributed by atoms with E-state index in [1.165, 1.54) is 30.2 Å². The van der Waals surface area contributed by atoms with Gasteiger partial charge in [-0.15, -0.1) is 0 Å². The van der Waals surface area contributed by atoms with Gasteiger partial charge in [0.1, 0.15) is 0 Å². The molecule has 98 valence electrons. The monoisotopic (exact) mass is 254 g/mol. The molecule has 0 spiro atoms. The molecule has 3 unspecified atom stereocenters. The zero-order valence-corrected chi connectivity index (χ0v) is 12.4. The fourth-order valence-electron chi connectivity index (χ4n) is 2.66. The number of amidine groups is 1. The number of nitrogens with zero attached hydrogens (tertiary/aromatic N) is 1. The zero-order chi connectivity index (χ0) is 12.4. The van der Waals surface area contributed by atoms with Crippen LogP contribution in [0.3, 0.4) is 0 Å². The van der Waals surface area contributed by atoms with Gasteiger partial charge in [0.2, 0.25) is 0 Å². The molecule has 1 aliphatic heterocycles. The van der Waals surface area contributed by atoms with Gasteiger partial charge in [-0.1, -0.05) is 39.5 Å². The number of hydrogen-bond donors (Lipinski definition) is 1. The second-order valence-electron chi connectivity index (χ2n) is 6.17. The van der Waals surface area contributed by atoms with Crippen LogP contribution in [0.5, 0.6) is 0 Å². The Balaban J connectivity index is 1.84. The van der Waals surface area contributed by atoms with Crippen molar-refractivity contribution < 1.29 is 0 Å². The van der Waals surface area contributed by atoms with Gasteiger partial charge in [-0.25, -0.2) is 0 Å². The molecule has 1 N–H and O–H groups in total. The molecule has 0 aromatic rings. The first kappa shape index (κ1) is 13.3. The number of nitrogens with one attached hydrogen (secondary N) is 1. The fourth-order valence-corrected chi connectivity index (χ4v) is 3.91. The highest BCUT2D eigenvalue weighted by molar-refractivity contribution is 8.14. The summed E-state index contributed by atoms with van der Waals surface area (Å²) in [5.74, 6) is 3.59. The minimum Gasteiger partial charge on any atom is -0.362 e. The van der Waals surface area contributed by atoms with Crippen LogP contribution in [0.15, 0.2) is 4.99 Å². The Hall–Kier alpha value is -0.180. The van der Waals surface area contributed by atoms with Crippen molar-refractivity contribution in [1.29, 1.82) is 0 Å². The Morgan fingerprint density at radius 3 is 2.59 bits per heavy atom. The molecule has 2 nitrogen and oxygen atoms in total. The van der Waals surface area contributed by atoms with Crippen molar-refractivity contribution in [1.82, 2.24) is 5.32 Å². The Bertz CT molecular complexity index is 288. The Labute approximate surface area is 110 Å². The first-order valence-electron chi connectivity index (χ1n) is 7.03. The van der Waals surface area contributed by atoms with Crippen LogP contribution in [0.2, 0.25) is 0 Å². The van der Waals surface area contributed by atoms with Crippen molar-refractivity contribution in [2.24, 2.45) is 22.7 Å². The Kier molecular flexibility index (Phi) is 4.40. The summed E-state index contributed by atoms with van der Waals surface area (Å²) >= 11 is 1.91. The summed E-state index contributed by atoms with van der Waals surface area (Å²) in [6.45, 7) is 9.31. The SMILES string of the molecule is CC1CCC(NC2=N[C@@H](C(C)C)CS2)CC1C. The van der Waals surface area contributed by atoms with Crippen LogP contribution in [-0.4, -0.2) is 23.0 Å². The summed E-state index contributed by atoms with van der Waals surface area (Å²) in [5, 5.41) is 4.87. The molecule has 1 aliphatic carbocycles. The van der Waals surface area contributed by atoms with Gasteiger partial charge in [0.15, 0.2) is 5.17 Å². The summed E-state index contributed by atoms with van der Waals surface area (Å²) in [6.07, 6.45) is 3.99. The van der Waals surface area contributed by atoms with E-state index in [4.69, 9.17) is 4.99 Å². The minimum absolute atomic E-state index is 0.530. The lowest BCUT2D eigenvalue weighted by Gasteiger charge is -2.32. The smallest absolute Gasteiger partial charge is 0.157 e. The molecule has 0 saturated heterocycles. The van der Waals surface area contributed by atoms with E-state index < -0.39 is 0 Å². The highest BCUT2D eigenvalue weighted by Crippen LogP contribution is 2.30. The molecule has 4 atom stereocenters. The number of rotatable bonds is 2. The summed E-state index contributed by atoms with van der Waals surface area (Å²) in [4.78, 5) is 4.79. The van der Waals surface area contributed by atoms with Gasteiger partial charge in [0.05, 0.1) is 6.04 Å². The van der Waals surface area contributed by atoms with Crippen molar-refractivity contribution in [3.63, 3.8) is 0 Å². The van der Waals surface area contributed by atoms with Crippen molar-refractivity contribution in [3.8, 4) is 0 Å². The zero-order valence-electron chi connectivity index (χ0n) is 11.6. The van der Waals surface area contributed by atoms with E-state index >= 15 is 0 Å². The molecule has 2 rings (SSSR count). The maximum absolute atomic E-state index is 4.79. The lowest BCUT2D eigenvalue weighted by molar-refractivity contribution is 0.241. The van der Waals surface area contributed by atoms with Crippen LogP contribution in [0.25, 0.3) is 0 Å². The molecule has 0 aromatic heterocycles. The molecular weight excluding hydrogens is 228 g/mol. The Morgan fingerprint density at radius 2 is 2.00 bits per heavy atom. The second-order valence-corrected chi connectivity index (χ2v) is 7.17. The largest absolute Gasteiger partial charge is 0.362 e.